The molecule has 0 spiro atoms. The highest BCUT2D eigenvalue weighted by atomic mass is 35.5. The van der Waals surface area contributed by atoms with Crippen LogP contribution in [0.15, 0.2) is 18.2 Å². The zero-order valence-corrected chi connectivity index (χ0v) is 11.8. The molecule has 2 aliphatic rings. The third kappa shape index (κ3) is 2.95. The Balaban J connectivity index is 1.67. The lowest BCUT2D eigenvalue weighted by Crippen LogP contribution is -2.37. The molecule has 1 aromatic carbocycles. The van der Waals surface area contributed by atoms with Crippen molar-refractivity contribution in [1.29, 1.82) is 0 Å². The molecule has 1 saturated carbocycles. The number of nitro benzene ring substituents is 1. The molecule has 5 nitrogen and oxygen atoms in total. The maximum atomic E-state index is 11.0. The first-order chi connectivity index (χ1) is 9.65. The highest BCUT2D eigenvalue weighted by Gasteiger charge is 2.40. The minimum Gasteiger partial charge on any atom is -0.376 e. The third-order valence-electron chi connectivity index (χ3n) is 4.02. The number of nitro groups is 1. The Morgan fingerprint density at radius 2 is 2.20 bits per heavy atom. The Hall–Kier alpha value is -1.17. The maximum Gasteiger partial charge on any atom is 0.275 e. The average molecular weight is 297 g/mol. The van der Waals surface area contributed by atoms with Gasteiger partial charge in [0.25, 0.3) is 5.69 Å². The van der Waals surface area contributed by atoms with Gasteiger partial charge in [-0.1, -0.05) is 11.6 Å². The molecule has 108 valence electrons. The maximum absolute atomic E-state index is 11.0. The Morgan fingerprint density at radius 3 is 2.90 bits per heavy atom. The normalized spacial score (nSPS) is 25.9. The van der Waals surface area contributed by atoms with Crippen LogP contribution < -0.4 is 5.32 Å². The van der Waals surface area contributed by atoms with Gasteiger partial charge in [-0.25, -0.2) is 0 Å². The van der Waals surface area contributed by atoms with E-state index in [2.05, 4.69) is 5.32 Å². The molecule has 1 aliphatic heterocycles. The van der Waals surface area contributed by atoms with Crippen LogP contribution in [0.4, 0.5) is 5.69 Å². The lowest BCUT2D eigenvalue weighted by molar-refractivity contribution is -0.385. The van der Waals surface area contributed by atoms with Crippen molar-refractivity contribution >= 4 is 17.3 Å². The fourth-order valence-electron chi connectivity index (χ4n) is 2.82. The summed E-state index contributed by atoms with van der Waals surface area (Å²) in [6.07, 6.45) is 3.73. The SMILES string of the molecule is O=[N+]([O-])c1cc(Cl)ccc1CNC1CCOC1C1CC1. The van der Waals surface area contributed by atoms with Gasteiger partial charge in [0, 0.05) is 35.8 Å². The molecule has 1 heterocycles. The summed E-state index contributed by atoms with van der Waals surface area (Å²) in [6, 6.07) is 5.12. The molecule has 0 radical (unpaired) electrons. The number of halogens is 1. The second kappa shape index (κ2) is 5.68. The van der Waals surface area contributed by atoms with Gasteiger partial charge in [-0.05, 0) is 37.3 Å². The monoisotopic (exact) mass is 296 g/mol. The largest absolute Gasteiger partial charge is 0.376 e. The van der Waals surface area contributed by atoms with Crippen molar-refractivity contribution in [1.82, 2.24) is 5.32 Å². The van der Waals surface area contributed by atoms with Crippen molar-refractivity contribution in [3.8, 4) is 0 Å². The van der Waals surface area contributed by atoms with Crippen LogP contribution >= 0.6 is 11.6 Å². The third-order valence-corrected chi connectivity index (χ3v) is 4.26. The number of nitrogens with zero attached hydrogens (tertiary/aromatic N) is 1. The van der Waals surface area contributed by atoms with Crippen LogP contribution in [0.2, 0.25) is 5.02 Å². The first-order valence-corrected chi connectivity index (χ1v) is 7.31. The molecule has 6 heteroatoms. The van der Waals surface area contributed by atoms with Crippen molar-refractivity contribution < 1.29 is 9.66 Å². The number of hydrogen-bond donors (Lipinski definition) is 1. The van der Waals surface area contributed by atoms with E-state index < -0.39 is 0 Å². The van der Waals surface area contributed by atoms with E-state index in [-0.39, 0.29) is 16.7 Å². The smallest absolute Gasteiger partial charge is 0.275 e. The highest BCUT2D eigenvalue weighted by molar-refractivity contribution is 6.30. The van der Waals surface area contributed by atoms with Crippen LogP contribution in [-0.2, 0) is 11.3 Å². The van der Waals surface area contributed by atoms with Gasteiger partial charge in [0.05, 0.1) is 11.0 Å². The van der Waals surface area contributed by atoms with Crippen molar-refractivity contribution in [2.45, 2.75) is 38.0 Å². The Labute approximate surface area is 122 Å². The number of rotatable bonds is 5. The molecule has 1 aromatic rings. The molecule has 3 rings (SSSR count). The van der Waals surface area contributed by atoms with E-state index in [1.54, 1.807) is 12.1 Å². The lowest BCUT2D eigenvalue weighted by atomic mass is 10.1. The van der Waals surface area contributed by atoms with Gasteiger partial charge in [0.15, 0.2) is 0 Å². The molecule has 0 aromatic heterocycles. The molecule has 2 fully saturated rings. The van der Waals surface area contributed by atoms with Crippen molar-refractivity contribution in [3.63, 3.8) is 0 Å². The summed E-state index contributed by atoms with van der Waals surface area (Å²) in [4.78, 5) is 10.7. The molecular weight excluding hydrogens is 280 g/mol. The summed E-state index contributed by atoms with van der Waals surface area (Å²) in [5.74, 6) is 0.676. The van der Waals surface area contributed by atoms with E-state index in [0.29, 0.717) is 29.1 Å². The predicted molar refractivity (Wildman–Crippen MR) is 75.8 cm³/mol. The number of benzene rings is 1. The van der Waals surface area contributed by atoms with E-state index >= 15 is 0 Å². The van der Waals surface area contributed by atoms with Gasteiger partial charge in [0.1, 0.15) is 0 Å². The zero-order chi connectivity index (χ0) is 14.1. The molecular formula is C14H17ClN2O3. The summed E-state index contributed by atoms with van der Waals surface area (Å²) in [5, 5.41) is 14.8. The van der Waals surface area contributed by atoms with Crippen LogP contribution in [-0.4, -0.2) is 23.7 Å². The minimum absolute atomic E-state index is 0.0758. The topological polar surface area (TPSA) is 64.4 Å². The Kier molecular flexibility index (Phi) is 3.92. The molecule has 1 aliphatic carbocycles. The van der Waals surface area contributed by atoms with Crippen molar-refractivity contribution in [2.75, 3.05) is 6.61 Å². The second-order valence-electron chi connectivity index (χ2n) is 5.48. The van der Waals surface area contributed by atoms with Crippen LogP contribution in [0.3, 0.4) is 0 Å². The number of ether oxygens (including phenoxy) is 1. The van der Waals surface area contributed by atoms with E-state index in [1.807, 2.05) is 0 Å². The zero-order valence-electron chi connectivity index (χ0n) is 11.0. The summed E-state index contributed by atoms with van der Waals surface area (Å²) in [5.41, 5.74) is 0.743. The van der Waals surface area contributed by atoms with E-state index in [9.17, 15) is 10.1 Å². The standard InChI is InChI=1S/C14H17ClN2O3/c15-11-4-3-10(13(7-11)17(18)19)8-16-12-5-6-20-14(12)9-1-2-9/h3-4,7,9,12,14,16H,1-2,5-6,8H2. The van der Waals surface area contributed by atoms with E-state index in [1.165, 1.54) is 18.9 Å². The van der Waals surface area contributed by atoms with Crippen LogP contribution in [0, 0.1) is 16.0 Å². The fourth-order valence-corrected chi connectivity index (χ4v) is 2.98. The highest BCUT2D eigenvalue weighted by Crippen LogP contribution is 2.38. The predicted octanol–water partition coefficient (Wildman–Crippen LogP) is 2.91. The molecule has 20 heavy (non-hydrogen) atoms. The van der Waals surface area contributed by atoms with Gasteiger partial charge < -0.3 is 10.1 Å². The van der Waals surface area contributed by atoms with Gasteiger partial charge >= 0.3 is 0 Å². The molecule has 2 atom stereocenters. The number of nitrogens with one attached hydrogen (secondary N) is 1. The first kappa shape index (κ1) is 13.8. The van der Waals surface area contributed by atoms with Crippen LogP contribution in [0.5, 0.6) is 0 Å². The molecule has 0 amide bonds. The molecule has 2 unspecified atom stereocenters. The van der Waals surface area contributed by atoms with Crippen molar-refractivity contribution in [3.05, 3.63) is 38.9 Å². The molecule has 0 bridgehead atoms. The summed E-state index contributed by atoms with van der Waals surface area (Å²) in [6.45, 7) is 1.26. The average Bonchev–Trinajstić information content (AvgIpc) is 3.16. The quantitative estimate of drug-likeness (QED) is 0.670. The first-order valence-electron chi connectivity index (χ1n) is 6.93. The fraction of sp³-hybridized carbons (Fsp3) is 0.571. The van der Waals surface area contributed by atoms with Crippen LogP contribution in [0.25, 0.3) is 0 Å². The van der Waals surface area contributed by atoms with Gasteiger partial charge in [-0.3, -0.25) is 10.1 Å². The Bertz CT molecular complexity index is 519. The van der Waals surface area contributed by atoms with Crippen LogP contribution in [0.1, 0.15) is 24.8 Å². The van der Waals surface area contributed by atoms with Gasteiger partial charge in [-0.2, -0.15) is 0 Å². The summed E-state index contributed by atoms with van der Waals surface area (Å²) < 4.78 is 5.76. The van der Waals surface area contributed by atoms with Gasteiger partial charge in [0.2, 0.25) is 0 Å². The number of hydrogen-bond acceptors (Lipinski definition) is 4. The van der Waals surface area contributed by atoms with Gasteiger partial charge in [-0.15, -0.1) is 0 Å². The Morgan fingerprint density at radius 1 is 1.40 bits per heavy atom. The molecule has 1 saturated heterocycles. The lowest BCUT2D eigenvalue weighted by Gasteiger charge is -2.19. The summed E-state index contributed by atoms with van der Waals surface area (Å²) >= 11 is 5.82. The van der Waals surface area contributed by atoms with E-state index in [0.717, 1.165) is 13.0 Å². The molecule has 1 N–H and O–H groups in total. The minimum atomic E-state index is -0.383. The van der Waals surface area contributed by atoms with Crippen molar-refractivity contribution in [2.24, 2.45) is 5.92 Å². The van der Waals surface area contributed by atoms with E-state index in [4.69, 9.17) is 16.3 Å². The summed E-state index contributed by atoms with van der Waals surface area (Å²) in [7, 11) is 0. The second-order valence-corrected chi connectivity index (χ2v) is 5.92.